The molecule has 170 valence electrons. The normalized spacial score (nSPS) is 19.0. The van der Waals surface area contributed by atoms with Crippen molar-refractivity contribution < 1.29 is 19.1 Å². The minimum atomic E-state index is -0.543. The number of aromatic nitrogens is 1. The fourth-order valence-electron chi connectivity index (χ4n) is 4.24. The maximum atomic E-state index is 13.0. The molecule has 2 N–H and O–H groups in total. The van der Waals surface area contributed by atoms with Crippen LogP contribution in [0.1, 0.15) is 80.3 Å². The van der Waals surface area contributed by atoms with Crippen molar-refractivity contribution in [2.45, 2.75) is 65.9 Å². The second-order valence-electron chi connectivity index (χ2n) is 10.5. The summed E-state index contributed by atoms with van der Waals surface area (Å²) in [6.45, 7) is 10.9. The summed E-state index contributed by atoms with van der Waals surface area (Å²) in [5.74, 6) is -0.147. The van der Waals surface area contributed by atoms with Crippen molar-refractivity contribution in [2.75, 3.05) is 19.6 Å². The molecule has 2 aliphatic rings. The van der Waals surface area contributed by atoms with E-state index in [1.165, 1.54) is 6.07 Å². The second-order valence-corrected chi connectivity index (χ2v) is 10.5. The van der Waals surface area contributed by atoms with Gasteiger partial charge in [0.05, 0.1) is 0 Å². The fourth-order valence-corrected chi connectivity index (χ4v) is 4.24. The van der Waals surface area contributed by atoms with Crippen LogP contribution < -0.4 is 10.9 Å². The molecule has 0 bridgehead atoms. The van der Waals surface area contributed by atoms with Gasteiger partial charge in [-0.25, -0.2) is 4.79 Å². The molecule has 0 aromatic carbocycles. The lowest BCUT2D eigenvalue weighted by Gasteiger charge is -2.33. The van der Waals surface area contributed by atoms with Crippen molar-refractivity contribution in [3.63, 3.8) is 0 Å². The second kappa shape index (κ2) is 8.48. The highest BCUT2D eigenvalue weighted by Gasteiger charge is 2.33. The summed E-state index contributed by atoms with van der Waals surface area (Å²) in [6, 6.07) is 1.48. The average Bonchev–Trinajstić information content (AvgIpc) is 2.63. The summed E-state index contributed by atoms with van der Waals surface area (Å²) in [7, 11) is 0. The van der Waals surface area contributed by atoms with Crippen molar-refractivity contribution in [1.82, 2.24) is 15.2 Å². The molecule has 2 amide bonds. The third kappa shape index (κ3) is 5.74. The molecule has 1 aliphatic heterocycles. The summed E-state index contributed by atoms with van der Waals surface area (Å²) >= 11 is 0. The molecule has 31 heavy (non-hydrogen) atoms. The lowest BCUT2D eigenvalue weighted by molar-refractivity contribution is 0.0499. The topological polar surface area (TPSA) is 109 Å². The molecule has 1 aromatic heterocycles. The van der Waals surface area contributed by atoms with E-state index in [4.69, 9.17) is 4.74 Å². The smallest absolute Gasteiger partial charge is 0.407 e. The largest absolute Gasteiger partial charge is 0.444 e. The van der Waals surface area contributed by atoms with Crippen LogP contribution in [0.5, 0.6) is 0 Å². The van der Waals surface area contributed by atoms with Gasteiger partial charge in [-0.1, -0.05) is 13.8 Å². The van der Waals surface area contributed by atoms with Gasteiger partial charge < -0.3 is 19.9 Å². The Hall–Kier alpha value is -2.64. The van der Waals surface area contributed by atoms with Gasteiger partial charge in [0, 0.05) is 37.3 Å². The van der Waals surface area contributed by atoms with Crippen LogP contribution in [0.15, 0.2) is 10.9 Å². The number of nitrogens with one attached hydrogen (secondary N) is 2. The minimum absolute atomic E-state index is 0.0251. The number of Topliss-reactive ketones (excluding diaryl/α,β-unsaturated/α-hetero) is 1. The molecular formula is C23H33N3O5. The number of pyridine rings is 1. The summed E-state index contributed by atoms with van der Waals surface area (Å²) in [5.41, 5.74) is -0.0827. The molecule has 1 aliphatic carbocycles. The Kier molecular flexibility index (Phi) is 6.30. The van der Waals surface area contributed by atoms with Gasteiger partial charge in [0.1, 0.15) is 11.2 Å². The monoisotopic (exact) mass is 431 g/mol. The van der Waals surface area contributed by atoms with Gasteiger partial charge >= 0.3 is 6.09 Å². The fraction of sp³-hybridized carbons (Fsp3) is 0.652. The average molecular weight is 432 g/mol. The van der Waals surface area contributed by atoms with Gasteiger partial charge in [-0.15, -0.1) is 0 Å². The molecule has 1 aromatic rings. The molecular weight excluding hydrogens is 398 g/mol. The zero-order valence-electron chi connectivity index (χ0n) is 19.1. The number of ether oxygens (including phenoxy) is 1. The minimum Gasteiger partial charge on any atom is -0.444 e. The number of carbonyl (C=O) groups is 3. The molecule has 1 saturated heterocycles. The number of nitrogens with zero attached hydrogens (tertiary/aromatic N) is 1. The first kappa shape index (κ1) is 23.0. The quantitative estimate of drug-likeness (QED) is 0.765. The number of ketones is 1. The SMILES string of the molecule is CC1(C)CC(=O)c2cc(C(=O)N3CCC(CNC(=O)OC(C)(C)C)CC3)c(=O)[nH]c2C1. The van der Waals surface area contributed by atoms with E-state index in [9.17, 15) is 19.2 Å². The number of likely N-dealkylation sites (tertiary alicyclic amines) is 1. The van der Waals surface area contributed by atoms with Crippen molar-refractivity contribution in [3.05, 3.63) is 33.2 Å². The number of carbonyl (C=O) groups excluding carboxylic acids is 3. The van der Waals surface area contributed by atoms with Crippen molar-refractivity contribution in [1.29, 1.82) is 0 Å². The number of piperidine rings is 1. The van der Waals surface area contributed by atoms with Gasteiger partial charge in [-0.3, -0.25) is 14.4 Å². The number of aromatic amines is 1. The Labute approximate surface area is 182 Å². The molecule has 1 fully saturated rings. The molecule has 8 nitrogen and oxygen atoms in total. The standard InChI is InChI=1S/C23H33N3O5/c1-22(2,3)31-21(30)24-13-14-6-8-26(9-7-14)20(29)16-10-15-17(25-19(16)28)11-23(4,5)12-18(15)27/h10,14H,6-9,11-13H2,1-5H3,(H,24,30)(H,25,28). The maximum absolute atomic E-state index is 13.0. The predicted molar refractivity (Wildman–Crippen MR) is 116 cm³/mol. The van der Waals surface area contributed by atoms with E-state index < -0.39 is 17.3 Å². The van der Waals surface area contributed by atoms with Crippen LogP contribution in [-0.2, 0) is 11.2 Å². The van der Waals surface area contributed by atoms with Gasteiger partial charge in [-0.2, -0.15) is 0 Å². The maximum Gasteiger partial charge on any atom is 0.407 e. The highest BCUT2D eigenvalue weighted by atomic mass is 16.6. The number of amides is 2. The Morgan fingerprint density at radius 1 is 1.19 bits per heavy atom. The molecule has 3 rings (SSSR count). The van der Waals surface area contributed by atoms with Crippen LogP contribution in [0.3, 0.4) is 0 Å². The lowest BCUT2D eigenvalue weighted by atomic mass is 9.75. The van der Waals surface area contributed by atoms with Gasteiger partial charge in [0.15, 0.2) is 5.78 Å². The number of H-pyrrole nitrogens is 1. The van der Waals surface area contributed by atoms with Crippen LogP contribution >= 0.6 is 0 Å². The van der Waals surface area contributed by atoms with Crippen LogP contribution in [0.2, 0.25) is 0 Å². The number of fused-ring (bicyclic) bond motifs is 1. The van der Waals surface area contributed by atoms with Crippen LogP contribution in [0, 0.1) is 11.3 Å². The number of hydrogen-bond acceptors (Lipinski definition) is 5. The van der Waals surface area contributed by atoms with Crippen molar-refractivity contribution >= 4 is 17.8 Å². The first-order chi connectivity index (χ1) is 14.3. The van der Waals surface area contributed by atoms with Crippen LogP contribution in [-0.4, -0.2) is 52.9 Å². The van der Waals surface area contributed by atoms with E-state index in [1.54, 1.807) is 4.90 Å². The molecule has 0 spiro atoms. The first-order valence-corrected chi connectivity index (χ1v) is 10.9. The summed E-state index contributed by atoms with van der Waals surface area (Å²) in [6.07, 6.45) is 2.00. The van der Waals surface area contributed by atoms with E-state index >= 15 is 0 Å². The van der Waals surface area contributed by atoms with E-state index in [2.05, 4.69) is 10.3 Å². The molecule has 2 heterocycles. The molecule has 0 saturated carbocycles. The van der Waals surface area contributed by atoms with E-state index in [0.29, 0.717) is 43.7 Å². The third-order valence-electron chi connectivity index (χ3n) is 5.78. The zero-order chi connectivity index (χ0) is 23.0. The summed E-state index contributed by atoms with van der Waals surface area (Å²) in [4.78, 5) is 54.3. The molecule has 8 heteroatoms. The molecule has 0 radical (unpaired) electrons. The van der Waals surface area contributed by atoms with Crippen LogP contribution in [0.25, 0.3) is 0 Å². The van der Waals surface area contributed by atoms with Gasteiger partial charge in [0.2, 0.25) is 0 Å². The summed E-state index contributed by atoms with van der Waals surface area (Å²) in [5, 5.41) is 2.78. The van der Waals surface area contributed by atoms with Crippen molar-refractivity contribution in [2.24, 2.45) is 11.3 Å². The van der Waals surface area contributed by atoms with Gasteiger partial charge in [-0.05, 0) is 57.4 Å². The highest BCUT2D eigenvalue weighted by Crippen LogP contribution is 2.33. The Morgan fingerprint density at radius 3 is 2.45 bits per heavy atom. The third-order valence-corrected chi connectivity index (χ3v) is 5.78. The van der Waals surface area contributed by atoms with E-state index in [0.717, 1.165) is 12.8 Å². The Balaban J connectivity index is 1.60. The summed E-state index contributed by atoms with van der Waals surface area (Å²) < 4.78 is 5.25. The van der Waals surface area contributed by atoms with Crippen LogP contribution in [0.4, 0.5) is 4.79 Å². The zero-order valence-corrected chi connectivity index (χ0v) is 19.1. The highest BCUT2D eigenvalue weighted by molar-refractivity contribution is 6.02. The number of alkyl carbamates (subject to hydrolysis) is 1. The van der Waals surface area contributed by atoms with Gasteiger partial charge in [0.25, 0.3) is 11.5 Å². The van der Waals surface area contributed by atoms with E-state index in [1.807, 2.05) is 34.6 Å². The Morgan fingerprint density at radius 2 is 1.84 bits per heavy atom. The number of hydrogen-bond donors (Lipinski definition) is 2. The molecule has 0 atom stereocenters. The van der Waals surface area contributed by atoms with E-state index in [-0.39, 0.29) is 28.6 Å². The predicted octanol–water partition coefficient (Wildman–Crippen LogP) is 2.91. The lowest BCUT2D eigenvalue weighted by Crippen LogP contribution is -2.44. The van der Waals surface area contributed by atoms with Crippen molar-refractivity contribution in [3.8, 4) is 0 Å². The first-order valence-electron chi connectivity index (χ1n) is 10.9. The number of rotatable bonds is 3. The molecule has 0 unspecified atom stereocenters. The Bertz CT molecular complexity index is 934.